The smallest absolute Gasteiger partial charge is 0.294 e. The van der Waals surface area contributed by atoms with Gasteiger partial charge in [-0.3, -0.25) is 4.55 Å². The summed E-state index contributed by atoms with van der Waals surface area (Å²) in [5, 5.41) is 0. The monoisotopic (exact) mass is 294 g/mol. The van der Waals surface area contributed by atoms with Gasteiger partial charge in [0.1, 0.15) is 0 Å². The minimum atomic E-state index is -4.02. The highest BCUT2D eigenvalue weighted by Crippen LogP contribution is 2.08. The molecule has 1 aromatic rings. The third kappa shape index (κ3) is 8.68. The Balaban J connectivity index is 0. The summed E-state index contributed by atoms with van der Waals surface area (Å²) in [6.07, 6.45) is 0. The third-order valence-electron chi connectivity index (χ3n) is 2.30. The van der Waals surface area contributed by atoms with Crippen LogP contribution in [0, 0.1) is 6.92 Å². The van der Waals surface area contributed by atoms with E-state index < -0.39 is 15.9 Å². The molecule has 0 aliphatic carbocycles. The Labute approximate surface area is 114 Å². The molecule has 0 unspecified atom stereocenters. The molecule has 0 amide bonds. The van der Waals surface area contributed by atoms with Gasteiger partial charge < -0.3 is 14.9 Å². The Morgan fingerprint density at radius 3 is 1.63 bits per heavy atom. The molecule has 0 aliphatic heterocycles. The fourth-order valence-electron chi connectivity index (χ4n) is 0.794. The second kappa shape index (κ2) is 8.23. The number of ether oxygens (including phenoxy) is 2. The van der Waals surface area contributed by atoms with Crippen LogP contribution < -0.4 is 0 Å². The first-order valence-electron chi connectivity index (χ1n) is 5.27. The van der Waals surface area contributed by atoms with Crippen LogP contribution >= 0.6 is 0 Å². The minimum Gasteiger partial charge on any atom is -0.412 e. The second-order valence-electron chi connectivity index (χ2n) is 4.10. The van der Waals surface area contributed by atoms with Crippen molar-refractivity contribution in [3.8, 4) is 0 Å². The van der Waals surface area contributed by atoms with E-state index in [9.17, 15) is 8.42 Å². The van der Waals surface area contributed by atoms with Gasteiger partial charge in [0.05, 0.1) is 4.90 Å². The van der Waals surface area contributed by atoms with Crippen LogP contribution in [0.25, 0.3) is 0 Å². The van der Waals surface area contributed by atoms with Gasteiger partial charge >= 0.3 is 0 Å². The lowest BCUT2D eigenvalue weighted by Crippen LogP contribution is -2.24. The van der Waals surface area contributed by atoms with Gasteiger partial charge in [-0.25, -0.2) is 0 Å². The zero-order valence-electron chi connectivity index (χ0n) is 11.8. The summed E-state index contributed by atoms with van der Waals surface area (Å²) in [4.78, 5) is -0.0666. The van der Waals surface area contributed by atoms with Crippen LogP contribution in [0.1, 0.15) is 19.4 Å². The molecule has 7 heteroatoms. The summed E-state index contributed by atoms with van der Waals surface area (Å²) in [6.45, 7) is 5.55. The van der Waals surface area contributed by atoms with Gasteiger partial charge in [0, 0.05) is 14.2 Å². The topological polar surface area (TPSA) is 104 Å². The van der Waals surface area contributed by atoms with Crippen LogP contribution in [0.5, 0.6) is 0 Å². The lowest BCUT2D eigenvalue weighted by molar-refractivity contribution is -0.178. The lowest BCUT2D eigenvalue weighted by Gasteiger charge is -2.19. The van der Waals surface area contributed by atoms with E-state index in [0.29, 0.717) is 0 Å². The molecular weight excluding hydrogens is 272 g/mol. The number of benzene rings is 1. The molecule has 0 saturated heterocycles. The highest BCUT2D eigenvalue weighted by atomic mass is 32.2. The molecule has 0 radical (unpaired) electrons. The van der Waals surface area contributed by atoms with Gasteiger partial charge in [-0.1, -0.05) is 17.7 Å². The van der Waals surface area contributed by atoms with Gasteiger partial charge in [-0.15, -0.1) is 0 Å². The Bertz CT molecular complexity index is 444. The molecule has 0 atom stereocenters. The molecule has 0 saturated carbocycles. The Hall–Kier alpha value is -0.990. The molecule has 1 rings (SSSR count). The number of hydrogen-bond donors (Lipinski definition) is 1. The van der Waals surface area contributed by atoms with Crippen molar-refractivity contribution in [1.82, 2.24) is 0 Å². The van der Waals surface area contributed by atoms with E-state index >= 15 is 0 Å². The molecule has 0 heterocycles. The normalized spacial score (nSPS) is 11.1. The molecule has 3 N–H and O–H groups in total. The highest BCUT2D eigenvalue weighted by Gasteiger charge is 2.12. The van der Waals surface area contributed by atoms with E-state index in [1.54, 1.807) is 26.4 Å². The van der Waals surface area contributed by atoms with Crippen LogP contribution in [0.15, 0.2) is 29.2 Å². The summed E-state index contributed by atoms with van der Waals surface area (Å²) < 4.78 is 39.3. The van der Waals surface area contributed by atoms with Crippen molar-refractivity contribution >= 4 is 10.1 Å². The fraction of sp³-hybridized carbons (Fsp3) is 0.500. The first kappa shape index (κ1) is 20.3. The van der Waals surface area contributed by atoms with Crippen LogP contribution in [0.3, 0.4) is 0 Å². The standard InChI is InChI=1S/C7H8O3S.C5H12O2.H2O/c1-6-2-4-7(5-3-6)11(8,9)10;1-5(2,6-3)7-4;/h2-5H,1H3,(H,8,9,10);1-4H3;1H2. The number of hydrogen-bond acceptors (Lipinski definition) is 4. The molecule has 6 nitrogen and oxygen atoms in total. The SMILES string of the molecule is COC(C)(C)OC.Cc1ccc(S(=O)(=O)O)cc1.O. The van der Waals surface area contributed by atoms with E-state index in [1.165, 1.54) is 12.1 Å². The lowest BCUT2D eigenvalue weighted by atomic mass is 10.2. The van der Waals surface area contributed by atoms with E-state index in [2.05, 4.69) is 0 Å². The van der Waals surface area contributed by atoms with Crippen molar-refractivity contribution in [1.29, 1.82) is 0 Å². The van der Waals surface area contributed by atoms with Crippen LogP contribution in [0.2, 0.25) is 0 Å². The number of methoxy groups -OCH3 is 2. The molecule has 19 heavy (non-hydrogen) atoms. The second-order valence-corrected chi connectivity index (χ2v) is 5.52. The highest BCUT2D eigenvalue weighted by molar-refractivity contribution is 7.85. The molecule has 0 bridgehead atoms. The van der Waals surface area contributed by atoms with Crippen LogP contribution in [-0.2, 0) is 19.6 Å². The molecular formula is C12H22O6S. The number of aryl methyl sites for hydroxylation is 1. The average molecular weight is 294 g/mol. The summed E-state index contributed by atoms with van der Waals surface area (Å²) >= 11 is 0. The van der Waals surface area contributed by atoms with E-state index in [0.717, 1.165) is 5.56 Å². The first-order valence-corrected chi connectivity index (χ1v) is 6.71. The van der Waals surface area contributed by atoms with Crippen LogP contribution in [0.4, 0.5) is 0 Å². The molecule has 0 aliphatic rings. The van der Waals surface area contributed by atoms with Crippen molar-refractivity contribution in [3.63, 3.8) is 0 Å². The maximum Gasteiger partial charge on any atom is 0.294 e. The van der Waals surface area contributed by atoms with Crippen molar-refractivity contribution < 1.29 is 27.9 Å². The molecule has 112 valence electrons. The van der Waals surface area contributed by atoms with Gasteiger partial charge in [0.15, 0.2) is 5.79 Å². The van der Waals surface area contributed by atoms with E-state index in [1.807, 2.05) is 20.8 Å². The largest absolute Gasteiger partial charge is 0.412 e. The molecule has 0 spiro atoms. The van der Waals surface area contributed by atoms with Crippen LogP contribution in [-0.4, -0.2) is 38.5 Å². The van der Waals surface area contributed by atoms with Gasteiger partial charge in [0.25, 0.3) is 10.1 Å². The Morgan fingerprint density at radius 1 is 1.05 bits per heavy atom. The predicted octanol–water partition coefficient (Wildman–Crippen LogP) is 1.43. The molecule has 0 aromatic heterocycles. The zero-order valence-corrected chi connectivity index (χ0v) is 12.6. The minimum absolute atomic E-state index is 0. The van der Waals surface area contributed by atoms with E-state index in [-0.39, 0.29) is 10.4 Å². The fourth-order valence-corrected chi connectivity index (χ4v) is 1.27. The molecule has 1 aromatic carbocycles. The number of rotatable bonds is 3. The Kier molecular flexibility index (Phi) is 8.81. The summed E-state index contributed by atoms with van der Waals surface area (Å²) in [6, 6.07) is 5.99. The van der Waals surface area contributed by atoms with Crippen molar-refractivity contribution in [3.05, 3.63) is 29.8 Å². The van der Waals surface area contributed by atoms with Gasteiger partial charge in [-0.05, 0) is 32.9 Å². The third-order valence-corrected chi connectivity index (χ3v) is 3.17. The first-order chi connectivity index (χ1) is 8.12. The van der Waals surface area contributed by atoms with Gasteiger partial charge in [0.2, 0.25) is 0 Å². The maximum atomic E-state index is 10.5. The summed E-state index contributed by atoms with van der Waals surface area (Å²) in [5.41, 5.74) is 0.956. The van der Waals surface area contributed by atoms with Gasteiger partial charge in [-0.2, -0.15) is 8.42 Å². The average Bonchev–Trinajstić information content (AvgIpc) is 2.29. The van der Waals surface area contributed by atoms with Crippen molar-refractivity contribution in [2.24, 2.45) is 0 Å². The van der Waals surface area contributed by atoms with E-state index in [4.69, 9.17) is 14.0 Å². The van der Waals surface area contributed by atoms with Crippen molar-refractivity contribution in [2.75, 3.05) is 14.2 Å². The summed E-state index contributed by atoms with van der Waals surface area (Å²) in [5.74, 6) is -0.417. The van der Waals surface area contributed by atoms with Crippen molar-refractivity contribution in [2.45, 2.75) is 31.5 Å². The maximum absolute atomic E-state index is 10.5. The predicted molar refractivity (Wildman–Crippen MR) is 72.7 cm³/mol. The zero-order chi connectivity index (χ0) is 14.4. The Morgan fingerprint density at radius 2 is 1.42 bits per heavy atom. The quantitative estimate of drug-likeness (QED) is 0.670. The summed E-state index contributed by atoms with van der Waals surface area (Å²) in [7, 11) is -0.790. The molecule has 0 fully saturated rings.